The molecule has 1 rings (SSSR count). The van der Waals surface area contributed by atoms with E-state index in [1.807, 2.05) is 24.5 Å². The number of carbonyl (C=O) groups excluding carboxylic acids is 1. The Morgan fingerprint density at radius 2 is 1.94 bits per heavy atom. The topological polar surface area (TPSA) is 84.9 Å². The molecule has 6 nitrogen and oxygen atoms in total. The maximum absolute atomic E-state index is 11.4. The van der Waals surface area contributed by atoms with Crippen LogP contribution in [0.4, 0.5) is 0 Å². The fraction of sp³-hybridized carbons (Fsp3) is 0.333. The van der Waals surface area contributed by atoms with Crippen molar-refractivity contribution < 1.29 is 24.3 Å². The second kappa shape index (κ2) is 6.61. The van der Waals surface area contributed by atoms with Gasteiger partial charge in [-0.15, -0.1) is 0 Å². The standard InChI is InChI=1S/C12H15NO5/c1-8-3-5-10(6-4-8)18-9(2)12(16)13-17-7-11(14)15/h3-6,9H,7H2,1-2H3,(H,13,16)(H,14,15). The Labute approximate surface area is 104 Å². The van der Waals surface area contributed by atoms with Gasteiger partial charge in [-0.2, -0.15) is 0 Å². The van der Waals surface area contributed by atoms with Crippen LogP contribution in [-0.4, -0.2) is 29.7 Å². The van der Waals surface area contributed by atoms with Crippen LogP contribution in [-0.2, 0) is 14.4 Å². The monoisotopic (exact) mass is 253 g/mol. The summed E-state index contributed by atoms with van der Waals surface area (Å²) in [5.41, 5.74) is 3.09. The van der Waals surface area contributed by atoms with E-state index in [4.69, 9.17) is 9.84 Å². The molecule has 2 N–H and O–H groups in total. The van der Waals surface area contributed by atoms with Crippen LogP contribution in [0, 0.1) is 6.92 Å². The highest BCUT2D eigenvalue weighted by atomic mass is 16.7. The second-order valence-electron chi connectivity index (χ2n) is 3.72. The van der Waals surface area contributed by atoms with E-state index < -0.39 is 24.6 Å². The van der Waals surface area contributed by atoms with Gasteiger partial charge >= 0.3 is 5.97 Å². The number of aryl methyl sites for hydroxylation is 1. The quantitative estimate of drug-likeness (QED) is 0.735. The first-order chi connectivity index (χ1) is 8.49. The lowest BCUT2D eigenvalue weighted by Gasteiger charge is -2.14. The second-order valence-corrected chi connectivity index (χ2v) is 3.72. The number of hydrogen-bond acceptors (Lipinski definition) is 4. The summed E-state index contributed by atoms with van der Waals surface area (Å²) in [4.78, 5) is 26.1. The minimum absolute atomic E-state index is 0.545. The van der Waals surface area contributed by atoms with E-state index in [1.165, 1.54) is 0 Å². The SMILES string of the molecule is Cc1ccc(OC(C)C(=O)NOCC(=O)O)cc1. The maximum atomic E-state index is 11.4. The van der Waals surface area contributed by atoms with Gasteiger partial charge in [0.05, 0.1) is 0 Å². The molecule has 6 heteroatoms. The Morgan fingerprint density at radius 3 is 2.50 bits per heavy atom. The molecule has 0 aromatic heterocycles. The molecule has 1 amide bonds. The molecular formula is C12H15NO5. The highest BCUT2D eigenvalue weighted by Gasteiger charge is 2.15. The lowest BCUT2D eigenvalue weighted by Crippen LogP contribution is -2.37. The van der Waals surface area contributed by atoms with Crippen molar-refractivity contribution in [3.05, 3.63) is 29.8 Å². The van der Waals surface area contributed by atoms with Gasteiger partial charge in [0.15, 0.2) is 12.7 Å². The summed E-state index contributed by atoms with van der Waals surface area (Å²) >= 11 is 0. The first-order valence-electron chi connectivity index (χ1n) is 5.36. The molecule has 1 unspecified atom stereocenters. The van der Waals surface area contributed by atoms with E-state index in [1.54, 1.807) is 19.1 Å². The van der Waals surface area contributed by atoms with Crippen LogP contribution < -0.4 is 10.2 Å². The first kappa shape index (κ1) is 14.0. The molecule has 0 heterocycles. The highest BCUT2D eigenvalue weighted by molar-refractivity contribution is 5.79. The minimum atomic E-state index is -1.16. The first-order valence-corrected chi connectivity index (χ1v) is 5.36. The molecule has 1 atom stereocenters. The third kappa shape index (κ3) is 4.84. The van der Waals surface area contributed by atoms with Gasteiger partial charge in [0.2, 0.25) is 0 Å². The van der Waals surface area contributed by atoms with E-state index >= 15 is 0 Å². The Hall–Kier alpha value is -2.08. The summed E-state index contributed by atoms with van der Waals surface area (Å²) < 4.78 is 5.35. The summed E-state index contributed by atoms with van der Waals surface area (Å²) in [5, 5.41) is 8.32. The van der Waals surface area contributed by atoms with Gasteiger partial charge in [-0.3, -0.25) is 9.63 Å². The number of rotatable bonds is 6. The van der Waals surface area contributed by atoms with Gasteiger partial charge in [-0.25, -0.2) is 10.3 Å². The predicted molar refractivity (Wildman–Crippen MR) is 63.0 cm³/mol. The van der Waals surface area contributed by atoms with Crippen LogP contribution in [0.5, 0.6) is 5.75 Å². The maximum Gasteiger partial charge on any atom is 0.332 e. The molecule has 0 bridgehead atoms. The number of benzene rings is 1. The van der Waals surface area contributed by atoms with E-state index in [2.05, 4.69) is 4.84 Å². The highest BCUT2D eigenvalue weighted by Crippen LogP contribution is 2.13. The summed E-state index contributed by atoms with van der Waals surface area (Å²) in [5.74, 6) is -1.15. The number of hydrogen-bond donors (Lipinski definition) is 2. The molecule has 0 saturated heterocycles. The predicted octanol–water partition coefficient (Wildman–Crippen LogP) is 0.895. The van der Waals surface area contributed by atoms with Crippen molar-refractivity contribution in [3.63, 3.8) is 0 Å². The zero-order valence-electron chi connectivity index (χ0n) is 10.2. The largest absolute Gasteiger partial charge is 0.481 e. The number of ether oxygens (including phenoxy) is 1. The number of amides is 1. The van der Waals surface area contributed by atoms with Crippen LogP contribution in [0.1, 0.15) is 12.5 Å². The number of nitrogens with one attached hydrogen (secondary N) is 1. The van der Waals surface area contributed by atoms with Crippen LogP contribution in [0.3, 0.4) is 0 Å². The van der Waals surface area contributed by atoms with Crippen molar-refractivity contribution in [2.24, 2.45) is 0 Å². The molecule has 1 aromatic carbocycles. The van der Waals surface area contributed by atoms with Crippen molar-refractivity contribution in [1.29, 1.82) is 0 Å². The molecular weight excluding hydrogens is 238 g/mol. The van der Waals surface area contributed by atoms with Gasteiger partial charge in [0.25, 0.3) is 5.91 Å². The Kier molecular flexibility index (Phi) is 5.13. The lowest BCUT2D eigenvalue weighted by molar-refractivity contribution is -0.151. The fourth-order valence-electron chi connectivity index (χ4n) is 1.13. The zero-order chi connectivity index (χ0) is 13.5. The van der Waals surface area contributed by atoms with Crippen LogP contribution in [0.25, 0.3) is 0 Å². The van der Waals surface area contributed by atoms with E-state index in [-0.39, 0.29) is 0 Å². The number of hydroxylamine groups is 1. The van der Waals surface area contributed by atoms with Crippen LogP contribution in [0.2, 0.25) is 0 Å². The molecule has 0 spiro atoms. The fourth-order valence-corrected chi connectivity index (χ4v) is 1.13. The Morgan fingerprint density at radius 1 is 1.33 bits per heavy atom. The average Bonchev–Trinajstić information content (AvgIpc) is 2.31. The normalized spacial score (nSPS) is 11.7. The smallest absolute Gasteiger partial charge is 0.332 e. The molecule has 0 aliphatic heterocycles. The number of carboxylic acid groups (broad SMARTS) is 1. The van der Waals surface area contributed by atoms with Crippen molar-refractivity contribution in [2.45, 2.75) is 20.0 Å². The van der Waals surface area contributed by atoms with E-state index in [0.717, 1.165) is 5.56 Å². The van der Waals surface area contributed by atoms with Gasteiger partial charge in [-0.05, 0) is 26.0 Å². The minimum Gasteiger partial charge on any atom is -0.481 e. The van der Waals surface area contributed by atoms with Crippen molar-refractivity contribution in [2.75, 3.05) is 6.61 Å². The molecule has 0 aliphatic rings. The summed E-state index contributed by atoms with van der Waals surface area (Å²) in [7, 11) is 0. The molecule has 18 heavy (non-hydrogen) atoms. The summed E-state index contributed by atoms with van der Waals surface area (Å²) in [6, 6.07) is 7.22. The number of carboxylic acids is 1. The summed E-state index contributed by atoms with van der Waals surface area (Å²) in [6.45, 7) is 2.89. The van der Waals surface area contributed by atoms with Crippen LogP contribution in [0.15, 0.2) is 24.3 Å². The van der Waals surface area contributed by atoms with Crippen molar-refractivity contribution in [3.8, 4) is 5.75 Å². The Bertz CT molecular complexity index is 415. The molecule has 0 saturated carbocycles. The van der Waals surface area contributed by atoms with Crippen molar-refractivity contribution >= 4 is 11.9 Å². The number of aliphatic carboxylic acids is 1. The molecule has 0 radical (unpaired) electrons. The zero-order valence-corrected chi connectivity index (χ0v) is 10.2. The van der Waals surface area contributed by atoms with E-state index in [0.29, 0.717) is 5.75 Å². The third-order valence-corrected chi connectivity index (χ3v) is 2.07. The molecule has 0 aliphatic carbocycles. The Balaban J connectivity index is 2.39. The van der Waals surface area contributed by atoms with Gasteiger partial charge in [-0.1, -0.05) is 17.7 Å². The van der Waals surface area contributed by atoms with Crippen molar-refractivity contribution in [1.82, 2.24) is 5.48 Å². The van der Waals surface area contributed by atoms with E-state index in [9.17, 15) is 9.59 Å². The summed E-state index contributed by atoms with van der Waals surface area (Å²) in [6.07, 6.45) is -0.776. The average molecular weight is 253 g/mol. The van der Waals surface area contributed by atoms with Gasteiger partial charge in [0, 0.05) is 0 Å². The van der Waals surface area contributed by atoms with Crippen LogP contribution >= 0.6 is 0 Å². The molecule has 1 aromatic rings. The number of carbonyl (C=O) groups is 2. The lowest BCUT2D eigenvalue weighted by atomic mass is 10.2. The third-order valence-electron chi connectivity index (χ3n) is 2.07. The van der Waals surface area contributed by atoms with Gasteiger partial charge in [0.1, 0.15) is 5.75 Å². The van der Waals surface area contributed by atoms with Gasteiger partial charge < -0.3 is 9.84 Å². The molecule has 98 valence electrons. The molecule has 0 fully saturated rings.